The van der Waals surface area contributed by atoms with Gasteiger partial charge in [-0.25, -0.2) is 0 Å². The first-order valence-electron chi connectivity index (χ1n) is 2.75. The third kappa shape index (κ3) is 3.47. The molecule has 48 valence electrons. The van der Waals surface area contributed by atoms with Gasteiger partial charge in [0, 0.05) is 5.57 Å². The molecule has 0 fully saturated rings. The molecule has 1 heteroatoms. The Bertz CT molecular complexity index is 152. The minimum atomic E-state index is 0.646. The van der Waals surface area contributed by atoms with Gasteiger partial charge in [-0.05, 0) is 6.92 Å². The second kappa shape index (κ2) is 5.04. The normalized spacial score (nSPS) is 11.9. The van der Waals surface area contributed by atoms with E-state index in [-0.39, 0.29) is 0 Å². The lowest BCUT2D eigenvalue weighted by Gasteiger charge is -1.81. The van der Waals surface area contributed by atoms with Crippen LogP contribution in [0.5, 0.6) is 0 Å². The van der Waals surface area contributed by atoms with Gasteiger partial charge in [0.1, 0.15) is 6.29 Å². The summed E-state index contributed by atoms with van der Waals surface area (Å²) in [6.45, 7) is 5.32. The third-order valence-electron chi connectivity index (χ3n) is 0.806. The molecule has 0 atom stereocenters. The van der Waals surface area contributed by atoms with Gasteiger partial charge >= 0.3 is 0 Å². The highest BCUT2D eigenvalue weighted by Crippen LogP contribution is 1.90. The summed E-state index contributed by atoms with van der Waals surface area (Å²) in [5, 5.41) is 0. The van der Waals surface area contributed by atoms with Gasteiger partial charge in [0.25, 0.3) is 0 Å². The van der Waals surface area contributed by atoms with E-state index < -0.39 is 0 Å². The van der Waals surface area contributed by atoms with Crippen LogP contribution in [0.4, 0.5) is 0 Å². The van der Waals surface area contributed by atoms with E-state index in [0.29, 0.717) is 5.57 Å². The van der Waals surface area contributed by atoms with E-state index in [1.54, 1.807) is 18.2 Å². The molecular formula is C8H10O. The van der Waals surface area contributed by atoms with Crippen LogP contribution >= 0.6 is 0 Å². The summed E-state index contributed by atoms with van der Waals surface area (Å²) in [6, 6.07) is 0. The summed E-state index contributed by atoms with van der Waals surface area (Å²) >= 11 is 0. The van der Waals surface area contributed by atoms with Gasteiger partial charge < -0.3 is 0 Å². The second-order valence-electron chi connectivity index (χ2n) is 1.52. The van der Waals surface area contributed by atoms with E-state index in [1.807, 2.05) is 13.0 Å². The Kier molecular flexibility index (Phi) is 4.41. The monoisotopic (exact) mass is 122 g/mol. The number of hydrogen-bond acceptors (Lipinski definition) is 1. The quantitative estimate of drug-likeness (QED) is 0.317. The fraction of sp³-hybridized carbons (Fsp3) is 0.125. The van der Waals surface area contributed by atoms with Crippen molar-refractivity contribution < 1.29 is 4.79 Å². The molecule has 0 bridgehead atoms. The highest BCUT2D eigenvalue weighted by atomic mass is 16.1. The number of hydrogen-bond donors (Lipinski definition) is 0. The first-order chi connectivity index (χ1) is 4.35. The lowest BCUT2D eigenvalue weighted by Crippen LogP contribution is -1.75. The second-order valence-corrected chi connectivity index (χ2v) is 1.52. The summed E-state index contributed by atoms with van der Waals surface area (Å²) in [4.78, 5) is 10.1. The molecule has 0 amide bonds. The van der Waals surface area contributed by atoms with Crippen LogP contribution < -0.4 is 0 Å². The zero-order valence-electron chi connectivity index (χ0n) is 5.50. The molecular weight excluding hydrogens is 112 g/mol. The Balaban J connectivity index is 4.13. The molecule has 0 aromatic heterocycles. The smallest absolute Gasteiger partial charge is 0.150 e. The van der Waals surface area contributed by atoms with Crippen LogP contribution in [0.1, 0.15) is 6.92 Å². The molecule has 0 N–H and O–H groups in total. The van der Waals surface area contributed by atoms with Crippen molar-refractivity contribution in [2.24, 2.45) is 0 Å². The summed E-state index contributed by atoms with van der Waals surface area (Å²) in [5.41, 5.74) is 0.646. The van der Waals surface area contributed by atoms with Gasteiger partial charge in [-0.2, -0.15) is 0 Å². The van der Waals surface area contributed by atoms with Crippen molar-refractivity contribution in [3.63, 3.8) is 0 Å². The number of carbonyl (C=O) groups excluding carboxylic acids is 1. The van der Waals surface area contributed by atoms with Crippen LogP contribution in [0.2, 0.25) is 0 Å². The molecule has 0 heterocycles. The predicted octanol–water partition coefficient (Wildman–Crippen LogP) is 1.87. The van der Waals surface area contributed by atoms with Crippen molar-refractivity contribution in [2.45, 2.75) is 6.92 Å². The molecule has 0 aromatic rings. The molecule has 0 rings (SSSR count). The molecule has 0 saturated heterocycles. The van der Waals surface area contributed by atoms with Crippen molar-refractivity contribution in [1.29, 1.82) is 0 Å². The molecule has 0 saturated carbocycles. The zero-order valence-corrected chi connectivity index (χ0v) is 5.50. The van der Waals surface area contributed by atoms with E-state index >= 15 is 0 Å². The van der Waals surface area contributed by atoms with Crippen LogP contribution in [-0.4, -0.2) is 6.29 Å². The van der Waals surface area contributed by atoms with E-state index in [4.69, 9.17) is 0 Å². The largest absolute Gasteiger partial charge is 0.298 e. The molecule has 0 aliphatic rings. The molecule has 9 heavy (non-hydrogen) atoms. The fourth-order valence-corrected chi connectivity index (χ4v) is 0.463. The van der Waals surface area contributed by atoms with Crippen molar-refractivity contribution >= 4 is 6.29 Å². The lowest BCUT2D eigenvalue weighted by molar-refractivity contribution is -0.104. The lowest BCUT2D eigenvalue weighted by atomic mass is 10.2. The molecule has 0 aromatic carbocycles. The Morgan fingerprint density at radius 3 is 2.56 bits per heavy atom. The van der Waals surface area contributed by atoms with Crippen molar-refractivity contribution in [3.05, 3.63) is 36.5 Å². The van der Waals surface area contributed by atoms with E-state index in [2.05, 4.69) is 6.58 Å². The van der Waals surface area contributed by atoms with Crippen molar-refractivity contribution in [3.8, 4) is 0 Å². The van der Waals surface area contributed by atoms with Gasteiger partial charge in [0.2, 0.25) is 0 Å². The van der Waals surface area contributed by atoms with E-state index in [1.165, 1.54) is 0 Å². The highest BCUT2D eigenvalue weighted by molar-refractivity contribution is 5.77. The molecule has 0 aliphatic carbocycles. The van der Waals surface area contributed by atoms with Crippen molar-refractivity contribution in [2.75, 3.05) is 0 Å². The maximum Gasteiger partial charge on any atom is 0.150 e. The molecule has 0 spiro atoms. The van der Waals surface area contributed by atoms with Crippen LogP contribution in [0, 0.1) is 0 Å². The van der Waals surface area contributed by atoms with Crippen molar-refractivity contribution in [1.82, 2.24) is 0 Å². The number of carbonyl (C=O) groups is 1. The first kappa shape index (κ1) is 7.89. The Hall–Kier alpha value is -1.11. The zero-order chi connectivity index (χ0) is 7.11. The third-order valence-corrected chi connectivity index (χ3v) is 0.806. The highest BCUT2D eigenvalue weighted by Gasteiger charge is 1.80. The van der Waals surface area contributed by atoms with E-state index in [0.717, 1.165) is 6.29 Å². The summed E-state index contributed by atoms with van der Waals surface area (Å²) in [5.74, 6) is 0. The van der Waals surface area contributed by atoms with Gasteiger partial charge in [0.15, 0.2) is 0 Å². The van der Waals surface area contributed by atoms with Crippen LogP contribution in [-0.2, 0) is 4.79 Å². The van der Waals surface area contributed by atoms with Gasteiger partial charge in [-0.3, -0.25) is 4.79 Å². The maximum absolute atomic E-state index is 10.1. The average molecular weight is 122 g/mol. The summed E-state index contributed by atoms with van der Waals surface area (Å²) in [6.07, 6.45) is 7.58. The predicted molar refractivity (Wildman–Crippen MR) is 39.2 cm³/mol. The maximum atomic E-state index is 10.1. The average Bonchev–Trinajstić information content (AvgIpc) is 1.88. The Morgan fingerprint density at radius 1 is 1.56 bits per heavy atom. The van der Waals surface area contributed by atoms with Gasteiger partial charge in [-0.1, -0.05) is 30.9 Å². The fourth-order valence-electron chi connectivity index (χ4n) is 0.463. The number of aldehydes is 1. The summed E-state index contributed by atoms with van der Waals surface area (Å²) < 4.78 is 0. The Morgan fingerprint density at radius 2 is 2.22 bits per heavy atom. The minimum absolute atomic E-state index is 0.646. The van der Waals surface area contributed by atoms with E-state index in [9.17, 15) is 4.79 Å². The topological polar surface area (TPSA) is 17.1 Å². The van der Waals surface area contributed by atoms with Crippen LogP contribution in [0.25, 0.3) is 0 Å². The molecule has 1 nitrogen and oxygen atoms in total. The standard InChI is InChI=1S/C8H10O/c1-3-5-8(7-9)6-4-2/h3-7H,1H2,2H3/b6-4-,8-5+. The number of allylic oxidation sites excluding steroid dienone is 5. The SMILES string of the molecule is C=C/C=C(C=O)\C=C/C. The van der Waals surface area contributed by atoms with Gasteiger partial charge in [0.05, 0.1) is 0 Å². The first-order valence-corrected chi connectivity index (χ1v) is 2.75. The molecule has 0 radical (unpaired) electrons. The minimum Gasteiger partial charge on any atom is -0.298 e. The molecule has 0 aliphatic heterocycles. The Labute approximate surface area is 55.4 Å². The van der Waals surface area contributed by atoms with Gasteiger partial charge in [-0.15, -0.1) is 0 Å². The molecule has 0 unspecified atom stereocenters. The number of rotatable bonds is 3. The summed E-state index contributed by atoms with van der Waals surface area (Å²) in [7, 11) is 0. The van der Waals surface area contributed by atoms with Crippen LogP contribution in [0.3, 0.4) is 0 Å². The van der Waals surface area contributed by atoms with Crippen LogP contribution in [0.15, 0.2) is 36.5 Å².